The molecule has 0 saturated heterocycles. The molecule has 0 fully saturated rings. The van der Waals surface area contributed by atoms with E-state index in [1.165, 1.54) is 0 Å². The van der Waals surface area contributed by atoms with Crippen molar-refractivity contribution >= 4 is 27.8 Å². The van der Waals surface area contributed by atoms with Crippen molar-refractivity contribution in [2.45, 2.75) is 26.5 Å². The Morgan fingerprint density at radius 2 is 1.96 bits per heavy atom. The topological polar surface area (TPSA) is 70.4 Å². The van der Waals surface area contributed by atoms with Crippen molar-refractivity contribution in [1.82, 2.24) is 9.55 Å². The average Bonchev–Trinajstić information content (AvgIpc) is 2.63. The molecule has 0 atom stereocenters. The molecule has 0 spiro atoms. The van der Waals surface area contributed by atoms with Crippen LogP contribution in [-0.2, 0) is 27.4 Å². The Morgan fingerprint density at radius 1 is 1.16 bits per heavy atom. The number of aryl methyl sites for hydroxylation is 1. The summed E-state index contributed by atoms with van der Waals surface area (Å²) in [5, 5.41) is 1.42. The second kappa shape index (κ2) is 7.44. The van der Waals surface area contributed by atoms with Gasteiger partial charge in [0.15, 0.2) is 0 Å². The zero-order valence-electron chi connectivity index (χ0n) is 14.3. The van der Waals surface area contributed by atoms with Crippen molar-refractivity contribution in [1.29, 1.82) is 0 Å². The number of hydrogen-bond donors (Lipinski definition) is 0. The standard InChI is InChI=1S/C19H20N2O4/c1-3-25-17(22)11-9-13-8-10-15-18(20-13)14-6-4-5-7-16(14)21(12-24-2)19(15)23/h4-8,10H,3,9,11-12H2,1-2H3. The molecule has 2 heterocycles. The van der Waals surface area contributed by atoms with E-state index in [1.807, 2.05) is 24.3 Å². The highest BCUT2D eigenvalue weighted by Gasteiger charge is 2.12. The Labute approximate surface area is 145 Å². The number of nitrogens with zero attached hydrogens (tertiary/aromatic N) is 2. The van der Waals surface area contributed by atoms with Gasteiger partial charge in [0.1, 0.15) is 6.73 Å². The van der Waals surface area contributed by atoms with Gasteiger partial charge in [0.2, 0.25) is 0 Å². The number of fused-ring (bicyclic) bond motifs is 3. The predicted octanol–water partition coefficient (Wildman–Crippen LogP) is 2.65. The molecule has 3 rings (SSSR count). The number of rotatable bonds is 6. The molecule has 25 heavy (non-hydrogen) atoms. The van der Waals surface area contributed by atoms with Gasteiger partial charge in [0.25, 0.3) is 5.56 Å². The Bertz CT molecular complexity index is 978. The molecule has 0 aliphatic rings. The number of ether oxygens (including phenoxy) is 2. The van der Waals surface area contributed by atoms with Gasteiger partial charge < -0.3 is 9.47 Å². The number of methoxy groups -OCH3 is 1. The first-order valence-electron chi connectivity index (χ1n) is 8.21. The minimum Gasteiger partial charge on any atom is -0.466 e. The van der Waals surface area contributed by atoms with Crippen LogP contribution < -0.4 is 5.56 Å². The van der Waals surface area contributed by atoms with Crippen molar-refractivity contribution in [2.75, 3.05) is 13.7 Å². The normalized spacial score (nSPS) is 11.1. The second-order valence-corrected chi connectivity index (χ2v) is 5.67. The highest BCUT2D eigenvalue weighted by molar-refractivity contribution is 6.03. The predicted molar refractivity (Wildman–Crippen MR) is 95.5 cm³/mol. The molecule has 0 N–H and O–H groups in total. The van der Waals surface area contributed by atoms with Gasteiger partial charge in [-0.2, -0.15) is 0 Å². The third-order valence-corrected chi connectivity index (χ3v) is 4.03. The van der Waals surface area contributed by atoms with E-state index in [2.05, 4.69) is 4.98 Å². The van der Waals surface area contributed by atoms with Crippen LogP contribution in [0, 0.1) is 0 Å². The van der Waals surface area contributed by atoms with Crippen molar-refractivity contribution < 1.29 is 14.3 Å². The lowest BCUT2D eigenvalue weighted by molar-refractivity contribution is -0.143. The summed E-state index contributed by atoms with van der Waals surface area (Å²) in [6.45, 7) is 2.33. The molecule has 0 aliphatic carbocycles. The summed E-state index contributed by atoms with van der Waals surface area (Å²) in [5.41, 5.74) is 2.04. The number of pyridine rings is 2. The second-order valence-electron chi connectivity index (χ2n) is 5.67. The molecule has 6 heteroatoms. The number of para-hydroxylation sites is 1. The molecule has 2 aromatic heterocycles. The number of benzene rings is 1. The summed E-state index contributed by atoms with van der Waals surface area (Å²) >= 11 is 0. The molecule has 0 radical (unpaired) electrons. The first-order valence-corrected chi connectivity index (χ1v) is 8.21. The Hall–Kier alpha value is -2.73. The van der Waals surface area contributed by atoms with E-state index in [1.54, 1.807) is 30.7 Å². The van der Waals surface area contributed by atoms with E-state index in [4.69, 9.17) is 9.47 Å². The van der Waals surface area contributed by atoms with Gasteiger partial charge in [-0.1, -0.05) is 18.2 Å². The van der Waals surface area contributed by atoms with Crippen LogP contribution in [0.3, 0.4) is 0 Å². The van der Waals surface area contributed by atoms with Crippen LogP contribution in [0.4, 0.5) is 0 Å². The fraction of sp³-hybridized carbons (Fsp3) is 0.316. The smallest absolute Gasteiger partial charge is 0.306 e. The van der Waals surface area contributed by atoms with Gasteiger partial charge in [-0.15, -0.1) is 0 Å². The Balaban J connectivity index is 2.10. The molecule has 130 valence electrons. The Morgan fingerprint density at radius 3 is 2.72 bits per heavy atom. The highest BCUT2D eigenvalue weighted by atomic mass is 16.5. The van der Waals surface area contributed by atoms with Crippen molar-refractivity contribution in [3.63, 3.8) is 0 Å². The number of carbonyl (C=O) groups is 1. The quantitative estimate of drug-likeness (QED) is 0.510. The summed E-state index contributed by atoms with van der Waals surface area (Å²) in [6.07, 6.45) is 0.745. The lowest BCUT2D eigenvalue weighted by Crippen LogP contribution is -2.22. The third-order valence-electron chi connectivity index (χ3n) is 4.03. The van der Waals surface area contributed by atoms with Crippen LogP contribution in [0.15, 0.2) is 41.2 Å². The molecule has 3 aromatic rings. The average molecular weight is 340 g/mol. The van der Waals surface area contributed by atoms with Crippen LogP contribution in [0.25, 0.3) is 21.8 Å². The lowest BCUT2D eigenvalue weighted by Gasteiger charge is -2.12. The van der Waals surface area contributed by atoms with E-state index in [0.717, 1.165) is 16.6 Å². The molecular formula is C19H20N2O4. The fourth-order valence-corrected chi connectivity index (χ4v) is 2.90. The minimum atomic E-state index is -0.246. The van der Waals surface area contributed by atoms with Gasteiger partial charge in [-0.25, -0.2) is 0 Å². The zero-order chi connectivity index (χ0) is 17.8. The van der Waals surface area contributed by atoms with E-state index >= 15 is 0 Å². The SMILES string of the molecule is CCOC(=O)CCc1ccc2c(=O)n(COC)c3ccccc3c2n1. The van der Waals surface area contributed by atoms with Crippen LogP contribution in [0.2, 0.25) is 0 Å². The van der Waals surface area contributed by atoms with Gasteiger partial charge in [-0.3, -0.25) is 19.1 Å². The van der Waals surface area contributed by atoms with Gasteiger partial charge in [0.05, 0.1) is 29.4 Å². The van der Waals surface area contributed by atoms with Crippen molar-refractivity contribution in [3.05, 3.63) is 52.4 Å². The molecule has 0 amide bonds. The van der Waals surface area contributed by atoms with Crippen molar-refractivity contribution in [3.8, 4) is 0 Å². The van der Waals surface area contributed by atoms with Crippen LogP contribution in [-0.4, -0.2) is 29.2 Å². The van der Waals surface area contributed by atoms with E-state index < -0.39 is 0 Å². The summed E-state index contributed by atoms with van der Waals surface area (Å²) < 4.78 is 11.7. The summed E-state index contributed by atoms with van der Waals surface area (Å²) in [6, 6.07) is 11.2. The third kappa shape index (κ3) is 3.39. The highest BCUT2D eigenvalue weighted by Crippen LogP contribution is 2.22. The van der Waals surface area contributed by atoms with Gasteiger partial charge >= 0.3 is 5.97 Å². The number of hydrogen-bond acceptors (Lipinski definition) is 5. The van der Waals surface area contributed by atoms with Crippen LogP contribution in [0.5, 0.6) is 0 Å². The van der Waals surface area contributed by atoms with Gasteiger partial charge in [-0.05, 0) is 25.1 Å². The summed E-state index contributed by atoms with van der Waals surface area (Å²) in [4.78, 5) is 28.9. The molecular weight excluding hydrogens is 320 g/mol. The largest absolute Gasteiger partial charge is 0.466 e. The molecule has 0 unspecified atom stereocenters. The van der Waals surface area contributed by atoms with E-state index in [0.29, 0.717) is 23.9 Å². The van der Waals surface area contributed by atoms with Crippen molar-refractivity contribution in [2.24, 2.45) is 0 Å². The van der Waals surface area contributed by atoms with Crippen LogP contribution in [0.1, 0.15) is 19.0 Å². The lowest BCUT2D eigenvalue weighted by atomic mass is 10.1. The molecule has 1 aromatic carbocycles. The monoisotopic (exact) mass is 340 g/mol. The fourth-order valence-electron chi connectivity index (χ4n) is 2.90. The molecule has 0 aliphatic heterocycles. The maximum Gasteiger partial charge on any atom is 0.306 e. The first-order chi connectivity index (χ1) is 12.2. The maximum atomic E-state index is 12.8. The number of aromatic nitrogens is 2. The van der Waals surface area contributed by atoms with Gasteiger partial charge in [0, 0.05) is 24.6 Å². The Kier molecular flexibility index (Phi) is 5.09. The maximum absolute atomic E-state index is 12.8. The number of esters is 1. The van der Waals surface area contributed by atoms with E-state index in [9.17, 15) is 9.59 Å². The molecule has 0 bridgehead atoms. The molecule has 6 nitrogen and oxygen atoms in total. The van der Waals surface area contributed by atoms with E-state index in [-0.39, 0.29) is 24.7 Å². The minimum absolute atomic E-state index is 0.139. The number of carbonyl (C=O) groups excluding carboxylic acids is 1. The first kappa shape index (κ1) is 17.1. The molecule has 0 saturated carbocycles. The summed E-state index contributed by atoms with van der Waals surface area (Å²) in [5.74, 6) is -0.246. The van der Waals surface area contributed by atoms with Crippen LogP contribution >= 0.6 is 0 Å². The zero-order valence-corrected chi connectivity index (χ0v) is 14.3. The summed E-state index contributed by atoms with van der Waals surface area (Å²) in [7, 11) is 1.56.